The number of hydrogen-bond donors (Lipinski definition) is 0. The van der Waals surface area contributed by atoms with Crippen LogP contribution in [-0.4, -0.2) is 33.3 Å². The van der Waals surface area contributed by atoms with E-state index in [0.717, 1.165) is 5.69 Å². The summed E-state index contributed by atoms with van der Waals surface area (Å²) in [4.78, 5) is 34.8. The molecule has 6 heteroatoms. The van der Waals surface area contributed by atoms with Crippen LogP contribution in [0.1, 0.15) is 30.3 Å². The van der Waals surface area contributed by atoms with E-state index in [2.05, 4.69) is 15.9 Å². The van der Waals surface area contributed by atoms with Gasteiger partial charge in [-0.1, -0.05) is 12.1 Å². The summed E-state index contributed by atoms with van der Waals surface area (Å²) in [6, 6.07) is 10.9. The Balaban J connectivity index is 1.63. The number of likely N-dealkylation sites (tertiary alicyclic amines) is 1. The van der Waals surface area contributed by atoms with E-state index in [0.29, 0.717) is 18.8 Å². The second-order valence-corrected chi connectivity index (χ2v) is 6.08. The Kier molecular flexibility index (Phi) is 5.59. The zero-order valence-corrected chi connectivity index (χ0v) is 14.2. The number of aromatic nitrogens is 2. The van der Waals surface area contributed by atoms with Crippen molar-refractivity contribution in [3.8, 4) is 12.3 Å². The Morgan fingerprint density at radius 1 is 1.27 bits per heavy atom. The lowest BCUT2D eigenvalue weighted by Gasteiger charge is -2.18. The molecule has 2 atom stereocenters. The molecule has 1 fully saturated rings. The number of carbonyl (C=O) groups excluding carboxylic acids is 2. The molecule has 0 saturated carbocycles. The molecule has 0 radical (unpaired) electrons. The van der Waals surface area contributed by atoms with Crippen LogP contribution < -0.4 is 0 Å². The molecule has 1 aliphatic heterocycles. The van der Waals surface area contributed by atoms with Gasteiger partial charge in [-0.15, -0.1) is 12.3 Å². The molecular weight excluding hydrogens is 330 g/mol. The minimum atomic E-state index is -0.603. The molecule has 0 aliphatic carbocycles. The van der Waals surface area contributed by atoms with Gasteiger partial charge in [0, 0.05) is 25.4 Å². The van der Waals surface area contributed by atoms with Crippen LogP contribution in [0, 0.1) is 18.3 Å². The third-order valence-corrected chi connectivity index (χ3v) is 4.21. The number of rotatable bonds is 6. The second-order valence-electron chi connectivity index (χ2n) is 6.08. The van der Waals surface area contributed by atoms with Gasteiger partial charge in [0.15, 0.2) is 6.10 Å². The maximum absolute atomic E-state index is 12.5. The van der Waals surface area contributed by atoms with Crippen molar-refractivity contribution in [3.05, 3.63) is 60.2 Å². The van der Waals surface area contributed by atoms with E-state index in [-0.39, 0.29) is 18.7 Å². The first-order valence-electron chi connectivity index (χ1n) is 8.40. The van der Waals surface area contributed by atoms with Crippen molar-refractivity contribution < 1.29 is 14.3 Å². The number of hydrogen-bond acceptors (Lipinski definition) is 5. The fourth-order valence-corrected chi connectivity index (χ4v) is 2.89. The molecule has 2 aromatic heterocycles. The zero-order chi connectivity index (χ0) is 18.4. The Labute approximate surface area is 152 Å². The van der Waals surface area contributed by atoms with E-state index in [4.69, 9.17) is 11.2 Å². The SMILES string of the molecule is C#CC[C@H](OC(=O)[C@@H]1CC(=O)N(Cc2ccccn2)C1)c1ccccn1. The van der Waals surface area contributed by atoms with Gasteiger partial charge in [0.05, 0.1) is 30.3 Å². The van der Waals surface area contributed by atoms with Crippen LogP contribution in [0.15, 0.2) is 48.8 Å². The summed E-state index contributed by atoms with van der Waals surface area (Å²) in [7, 11) is 0. The largest absolute Gasteiger partial charge is 0.455 e. The smallest absolute Gasteiger partial charge is 0.311 e. The summed E-state index contributed by atoms with van der Waals surface area (Å²) < 4.78 is 5.57. The van der Waals surface area contributed by atoms with Crippen LogP contribution in [0.2, 0.25) is 0 Å². The van der Waals surface area contributed by atoms with Crippen molar-refractivity contribution in [1.29, 1.82) is 0 Å². The van der Waals surface area contributed by atoms with Crippen LogP contribution in [0.4, 0.5) is 0 Å². The van der Waals surface area contributed by atoms with E-state index < -0.39 is 18.0 Å². The van der Waals surface area contributed by atoms with Crippen molar-refractivity contribution in [2.75, 3.05) is 6.54 Å². The lowest BCUT2D eigenvalue weighted by atomic mass is 10.1. The molecule has 2 aromatic rings. The molecule has 0 unspecified atom stereocenters. The first-order valence-corrected chi connectivity index (χ1v) is 8.40. The third kappa shape index (κ3) is 4.25. The van der Waals surface area contributed by atoms with Gasteiger partial charge in [-0.3, -0.25) is 19.6 Å². The monoisotopic (exact) mass is 349 g/mol. The van der Waals surface area contributed by atoms with Crippen LogP contribution in [0.5, 0.6) is 0 Å². The van der Waals surface area contributed by atoms with E-state index in [1.807, 2.05) is 24.3 Å². The van der Waals surface area contributed by atoms with Gasteiger partial charge in [0.2, 0.25) is 5.91 Å². The van der Waals surface area contributed by atoms with Gasteiger partial charge in [0.1, 0.15) is 0 Å². The normalized spacial score (nSPS) is 17.6. The Morgan fingerprint density at radius 3 is 2.69 bits per heavy atom. The molecular formula is C20H19N3O3. The van der Waals surface area contributed by atoms with Gasteiger partial charge in [0.25, 0.3) is 0 Å². The highest BCUT2D eigenvalue weighted by atomic mass is 16.5. The number of terminal acetylenes is 1. The summed E-state index contributed by atoms with van der Waals surface area (Å²) in [5.74, 6) is 1.50. The number of nitrogens with zero attached hydrogens (tertiary/aromatic N) is 3. The molecule has 6 nitrogen and oxygen atoms in total. The highest BCUT2D eigenvalue weighted by Gasteiger charge is 2.36. The van der Waals surface area contributed by atoms with Crippen molar-refractivity contribution in [1.82, 2.24) is 14.9 Å². The van der Waals surface area contributed by atoms with E-state index in [1.165, 1.54) is 0 Å². The predicted molar refractivity (Wildman–Crippen MR) is 94.3 cm³/mol. The number of pyridine rings is 2. The molecule has 3 heterocycles. The Morgan fingerprint density at radius 2 is 2.04 bits per heavy atom. The molecule has 1 aliphatic rings. The average molecular weight is 349 g/mol. The fraction of sp³-hybridized carbons (Fsp3) is 0.300. The summed E-state index contributed by atoms with van der Waals surface area (Å²) in [5.41, 5.74) is 1.39. The molecule has 0 bridgehead atoms. The van der Waals surface area contributed by atoms with Crippen molar-refractivity contribution >= 4 is 11.9 Å². The van der Waals surface area contributed by atoms with E-state index >= 15 is 0 Å². The maximum Gasteiger partial charge on any atom is 0.311 e. The minimum Gasteiger partial charge on any atom is -0.455 e. The van der Waals surface area contributed by atoms with Gasteiger partial charge in [-0.2, -0.15) is 0 Å². The molecule has 0 N–H and O–H groups in total. The summed E-state index contributed by atoms with van der Waals surface area (Å²) in [6.45, 7) is 0.705. The van der Waals surface area contributed by atoms with Crippen LogP contribution >= 0.6 is 0 Å². The predicted octanol–water partition coefficient (Wildman–Crippen LogP) is 2.13. The number of carbonyl (C=O) groups is 2. The lowest BCUT2D eigenvalue weighted by molar-refractivity contribution is -0.154. The standard InChI is InChI=1S/C20H19N3O3/c1-2-7-18(17-9-4-6-11-22-17)26-20(25)15-12-19(24)23(13-15)14-16-8-3-5-10-21-16/h1,3-6,8-11,15,18H,7,12-14H2/t15-,18+/m1/s1. The van der Waals surface area contributed by atoms with Crippen LogP contribution in [-0.2, 0) is 20.9 Å². The number of esters is 1. The molecule has 3 rings (SSSR count). The molecule has 26 heavy (non-hydrogen) atoms. The summed E-state index contributed by atoms with van der Waals surface area (Å²) in [5, 5.41) is 0. The number of ether oxygens (including phenoxy) is 1. The molecule has 0 aromatic carbocycles. The van der Waals surface area contributed by atoms with E-state index in [9.17, 15) is 9.59 Å². The topological polar surface area (TPSA) is 72.4 Å². The van der Waals surface area contributed by atoms with Gasteiger partial charge >= 0.3 is 5.97 Å². The number of amides is 1. The van der Waals surface area contributed by atoms with Gasteiger partial charge in [-0.25, -0.2) is 0 Å². The van der Waals surface area contributed by atoms with Crippen LogP contribution in [0.25, 0.3) is 0 Å². The van der Waals surface area contributed by atoms with Gasteiger partial charge < -0.3 is 9.64 Å². The van der Waals surface area contributed by atoms with Crippen molar-refractivity contribution in [2.24, 2.45) is 5.92 Å². The van der Waals surface area contributed by atoms with E-state index in [1.54, 1.807) is 29.4 Å². The molecule has 1 saturated heterocycles. The Bertz CT molecular complexity index is 802. The van der Waals surface area contributed by atoms with Crippen molar-refractivity contribution in [2.45, 2.75) is 25.5 Å². The maximum atomic E-state index is 12.5. The first-order chi connectivity index (χ1) is 12.7. The summed E-state index contributed by atoms with van der Waals surface area (Å²) in [6.07, 6.45) is 8.46. The van der Waals surface area contributed by atoms with Crippen molar-refractivity contribution in [3.63, 3.8) is 0 Å². The lowest BCUT2D eigenvalue weighted by Crippen LogP contribution is -2.27. The highest BCUT2D eigenvalue weighted by molar-refractivity contribution is 5.86. The average Bonchev–Trinajstić information content (AvgIpc) is 3.03. The Hall–Kier alpha value is -3.20. The quantitative estimate of drug-likeness (QED) is 0.590. The first kappa shape index (κ1) is 17.6. The summed E-state index contributed by atoms with van der Waals surface area (Å²) >= 11 is 0. The highest BCUT2D eigenvalue weighted by Crippen LogP contribution is 2.25. The second kappa shape index (κ2) is 8.26. The van der Waals surface area contributed by atoms with Crippen LogP contribution in [0.3, 0.4) is 0 Å². The fourth-order valence-electron chi connectivity index (χ4n) is 2.89. The molecule has 1 amide bonds. The zero-order valence-electron chi connectivity index (χ0n) is 14.2. The molecule has 132 valence electrons. The van der Waals surface area contributed by atoms with Gasteiger partial charge in [-0.05, 0) is 24.3 Å². The third-order valence-electron chi connectivity index (χ3n) is 4.21. The molecule has 0 spiro atoms. The minimum absolute atomic E-state index is 0.0797.